The molecule has 1 N–H and O–H groups in total. The van der Waals surface area contributed by atoms with Gasteiger partial charge in [0.05, 0.1) is 24.7 Å². The van der Waals surface area contributed by atoms with E-state index in [9.17, 15) is 13.2 Å². The molecule has 0 saturated carbocycles. The molecule has 3 rings (SSSR count). The smallest absolute Gasteiger partial charge is 0.243 e. The van der Waals surface area contributed by atoms with Crippen molar-refractivity contribution in [3.05, 3.63) is 58.6 Å². The molecule has 2 aromatic rings. The van der Waals surface area contributed by atoms with Crippen molar-refractivity contribution in [3.63, 3.8) is 0 Å². The quantitative estimate of drug-likeness (QED) is 0.701. The van der Waals surface area contributed by atoms with Gasteiger partial charge in [0, 0.05) is 28.8 Å². The van der Waals surface area contributed by atoms with Gasteiger partial charge < -0.3 is 10.1 Å². The number of para-hydroxylation sites is 1. The van der Waals surface area contributed by atoms with Crippen molar-refractivity contribution in [1.82, 2.24) is 4.31 Å². The van der Waals surface area contributed by atoms with Crippen molar-refractivity contribution < 1.29 is 17.9 Å². The minimum Gasteiger partial charge on any atom is -0.379 e. The van der Waals surface area contributed by atoms with Crippen LogP contribution in [0.1, 0.15) is 10.4 Å². The van der Waals surface area contributed by atoms with Crippen LogP contribution in [0.2, 0.25) is 0 Å². The highest BCUT2D eigenvalue weighted by Crippen LogP contribution is 2.21. The monoisotopic (exact) mass is 438 g/mol. The van der Waals surface area contributed by atoms with E-state index in [1.165, 1.54) is 16.4 Å². The number of sulfonamides is 1. The number of benzene rings is 2. The summed E-state index contributed by atoms with van der Waals surface area (Å²) in [5.41, 5.74) is 1.29. The molecular formula is C18H19BrN2O4S. The number of hydrogen-bond acceptors (Lipinski definition) is 5. The number of morpholine rings is 1. The maximum atomic E-state index is 12.6. The molecule has 0 aliphatic carbocycles. The van der Waals surface area contributed by atoms with E-state index in [0.29, 0.717) is 31.9 Å². The third kappa shape index (κ3) is 4.32. The van der Waals surface area contributed by atoms with Gasteiger partial charge in [0.25, 0.3) is 0 Å². The van der Waals surface area contributed by atoms with E-state index in [4.69, 9.17) is 4.74 Å². The molecular weight excluding hydrogens is 420 g/mol. The normalized spacial score (nSPS) is 15.6. The van der Waals surface area contributed by atoms with E-state index in [1.807, 2.05) is 24.3 Å². The summed E-state index contributed by atoms with van der Waals surface area (Å²) in [7, 11) is -3.55. The van der Waals surface area contributed by atoms with Crippen LogP contribution in [0.15, 0.2) is 57.9 Å². The summed E-state index contributed by atoms with van der Waals surface area (Å²) in [4.78, 5) is 12.5. The Bertz CT molecular complexity index is 878. The Kier molecular flexibility index (Phi) is 6.08. The minimum atomic E-state index is -3.55. The van der Waals surface area contributed by atoms with Gasteiger partial charge in [-0.25, -0.2) is 8.42 Å². The molecule has 0 spiro atoms. The van der Waals surface area contributed by atoms with Crippen LogP contribution in [0.5, 0.6) is 0 Å². The number of ketones is 1. The van der Waals surface area contributed by atoms with Crippen molar-refractivity contribution in [3.8, 4) is 0 Å². The summed E-state index contributed by atoms with van der Waals surface area (Å²) in [5, 5.41) is 3.07. The number of rotatable bonds is 6. The zero-order valence-corrected chi connectivity index (χ0v) is 16.4. The number of Topliss-reactive ketones (excluding diaryl/α,β-unsaturated/α-hetero) is 1. The summed E-state index contributed by atoms with van der Waals surface area (Å²) < 4.78 is 32.6. The first-order valence-corrected chi connectivity index (χ1v) is 10.4. The lowest BCUT2D eigenvalue weighted by atomic mass is 10.1. The molecule has 138 valence electrons. The van der Waals surface area contributed by atoms with Gasteiger partial charge in [-0.2, -0.15) is 4.31 Å². The molecule has 0 amide bonds. The molecule has 2 aromatic carbocycles. The summed E-state index contributed by atoms with van der Waals surface area (Å²) in [6.07, 6.45) is 0. The van der Waals surface area contributed by atoms with Crippen LogP contribution < -0.4 is 5.32 Å². The first-order chi connectivity index (χ1) is 12.5. The van der Waals surface area contributed by atoms with Crippen LogP contribution in [0.25, 0.3) is 0 Å². The van der Waals surface area contributed by atoms with Crippen molar-refractivity contribution in [2.45, 2.75) is 4.90 Å². The number of halogens is 1. The van der Waals surface area contributed by atoms with Crippen LogP contribution >= 0.6 is 15.9 Å². The van der Waals surface area contributed by atoms with Crippen LogP contribution in [0.3, 0.4) is 0 Å². The highest BCUT2D eigenvalue weighted by molar-refractivity contribution is 9.10. The predicted molar refractivity (Wildman–Crippen MR) is 103 cm³/mol. The second-order valence-electron chi connectivity index (χ2n) is 5.80. The molecule has 26 heavy (non-hydrogen) atoms. The largest absolute Gasteiger partial charge is 0.379 e. The van der Waals surface area contributed by atoms with Crippen molar-refractivity contribution in [1.29, 1.82) is 0 Å². The molecule has 0 bridgehead atoms. The van der Waals surface area contributed by atoms with Gasteiger partial charge >= 0.3 is 0 Å². The van der Waals surface area contributed by atoms with Gasteiger partial charge in [0.2, 0.25) is 10.0 Å². The number of carbonyl (C=O) groups excluding carboxylic acids is 1. The molecule has 0 radical (unpaired) electrons. The number of nitrogens with zero attached hydrogens (tertiary/aromatic N) is 1. The molecule has 0 unspecified atom stereocenters. The Morgan fingerprint density at radius 1 is 1.08 bits per heavy atom. The fourth-order valence-corrected chi connectivity index (χ4v) is 4.46. The minimum absolute atomic E-state index is 0.115. The van der Waals surface area contributed by atoms with E-state index < -0.39 is 10.0 Å². The Labute approximate surface area is 161 Å². The molecule has 1 aliphatic heterocycles. The number of carbonyl (C=O) groups is 1. The van der Waals surface area contributed by atoms with Crippen molar-refractivity contribution >= 4 is 37.4 Å². The Morgan fingerprint density at radius 3 is 2.38 bits per heavy atom. The van der Waals surface area contributed by atoms with Gasteiger partial charge in [0.1, 0.15) is 0 Å². The van der Waals surface area contributed by atoms with Gasteiger partial charge in [0.15, 0.2) is 5.78 Å². The standard InChI is InChI=1S/C18H19BrN2O4S/c19-16-3-1-2-4-17(16)20-13-18(22)14-5-7-15(8-6-14)26(23,24)21-9-11-25-12-10-21/h1-8,20H,9-13H2. The number of anilines is 1. The van der Waals surface area contributed by atoms with E-state index in [1.54, 1.807) is 12.1 Å². The molecule has 1 aliphatic rings. The first-order valence-electron chi connectivity index (χ1n) is 8.18. The molecule has 1 fully saturated rings. The summed E-state index contributed by atoms with van der Waals surface area (Å²) in [6, 6.07) is 13.6. The fourth-order valence-electron chi connectivity index (χ4n) is 2.63. The average Bonchev–Trinajstić information content (AvgIpc) is 2.68. The summed E-state index contributed by atoms with van der Waals surface area (Å²) >= 11 is 3.42. The van der Waals surface area contributed by atoms with Crippen LogP contribution in [0.4, 0.5) is 5.69 Å². The topological polar surface area (TPSA) is 75.7 Å². The van der Waals surface area contributed by atoms with Crippen molar-refractivity contribution in [2.75, 3.05) is 38.2 Å². The Balaban J connectivity index is 1.67. The number of nitrogens with one attached hydrogen (secondary N) is 1. The SMILES string of the molecule is O=C(CNc1ccccc1Br)c1ccc(S(=O)(=O)N2CCOCC2)cc1. The van der Waals surface area contributed by atoms with Gasteiger partial charge in [-0.15, -0.1) is 0 Å². The Morgan fingerprint density at radius 2 is 1.73 bits per heavy atom. The lowest BCUT2D eigenvalue weighted by molar-refractivity contribution is 0.0730. The molecule has 8 heteroatoms. The lowest BCUT2D eigenvalue weighted by Gasteiger charge is -2.26. The molecule has 0 aromatic heterocycles. The van der Waals surface area contributed by atoms with E-state index >= 15 is 0 Å². The zero-order valence-electron chi connectivity index (χ0n) is 14.0. The molecule has 1 heterocycles. The zero-order chi connectivity index (χ0) is 18.6. The van der Waals surface area contributed by atoms with Crippen molar-refractivity contribution in [2.24, 2.45) is 0 Å². The summed E-state index contributed by atoms with van der Waals surface area (Å²) in [6.45, 7) is 1.61. The molecule has 1 saturated heterocycles. The third-order valence-electron chi connectivity index (χ3n) is 4.10. The van der Waals surface area contributed by atoms with Crippen LogP contribution in [-0.2, 0) is 14.8 Å². The average molecular weight is 439 g/mol. The maximum Gasteiger partial charge on any atom is 0.243 e. The van der Waals surface area contributed by atoms with E-state index in [0.717, 1.165) is 10.2 Å². The Hall–Kier alpha value is -1.74. The molecule has 6 nitrogen and oxygen atoms in total. The summed E-state index contributed by atoms with van der Waals surface area (Å²) in [5.74, 6) is -0.115. The first kappa shape index (κ1) is 19.0. The van der Waals surface area contributed by atoms with E-state index in [2.05, 4.69) is 21.2 Å². The second-order valence-corrected chi connectivity index (χ2v) is 8.59. The van der Waals surface area contributed by atoms with Gasteiger partial charge in [-0.05, 0) is 52.3 Å². The predicted octanol–water partition coefficient (Wildman–Crippen LogP) is 2.76. The number of ether oxygens (including phenoxy) is 1. The van der Waals surface area contributed by atoms with Gasteiger partial charge in [-0.3, -0.25) is 4.79 Å². The van der Waals surface area contributed by atoms with Crippen LogP contribution in [0, 0.1) is 0 Å². The highest BCUT2D eigenvalue weighted by atomic mass is 79.9. The van der Waals surface area contributed by atoms with Gasteiger partial charge in [-0.1, -0.05) is 12.1 Å². The van der Waals surface area contributed by atoms with E-state index in [-0.39, 0.29) is 17.2 Å². The second kappa shape index (κ2) is 8.30. The maximum absolute atomic E-state index is 12.6. The molecule has 0 atom stereocenters. The highest BCUT2D eigenvalue weighted by Gasteiger charge is 2.26. The van der Waals surface area contributed by atoms with Crippen LogP contribution in [-0.4, -0.2) is 51.4 Å². The number of hydrogen-bond donors (Lipinski definition) is 1. The fraction of sp³-hybridized carbons (Fsp3) is 0.278. The lowest BCUT2D eigenvalue weighted by Crippen LogP contribution is -2.40. The third-order valence-corrected chi connectivity index (χ3v) is 6.70.